The Kier molecular flexibility index (Phi) is 6.26. The first-order chi connectivity index (χ1) is 9.04. The van der Waals surface area contributed by atoms with Gasteiger partial charge in [0, 0.05) is 11.3 Å². The number of carbonyl (C=O) groups excluding carboxylic acids is 1. The molecular formula is C16H24N2O. The van der Waals surface area contributed by atoms with Crippen LogP contribution < -0.4 is 5.43 Å². The van der Waals surface area contributed by atoms with Crippen LogP contribution >= 0.6 is 0 Å². The molecule has 104 valence electrons. The topological polar surface area (TPSA) is 41.5 Å². The van der Waals surface area contributed by atoms with Gasteiger partial charge in [-0.25, -0.2) is 5.43 Å². The first-order valence-electron chi connectivity index (χ1n) is 6.98. The average Bonchev–Trinajstić information content (AvgIpc) is 2.42. The van der Waals surface area contributed by atoms with Gasteiger partial charge in [-0.1, -0.05) is 39.3 Å². The molecule has 0 aliphatic carbocycles. The first-order valence-corrected chi connectivity index (χ1v) is 6.98. The molecule has 0 aliphatic heterocycles. The van der Waals surface area contributed by atoms with Gasteiger partial charge in [0.05, 0.1) is 0 Å². The summed E-state index contributed by atoms with van der Waals surface area (Å²) in [5, 5.41) is 4.11. The Labute approximate surface area is 116 Å². The lowest BCUT2D eigenvalue weighted by Gasteiger charge is -2.06. The van der Waals surface area contributed by atoms with E-state index in [-0.39, 0.29) is 5.91 Å². The molecule has 0 aromatic heterocycles. The number of nitrogens with one attached hydrogen (secondary N) is 1. The lowest BCUT2D eigenvalue weighted by molar-refractivity contribution is 0.0954. The molecule has 0 spiro atoms. The molecule has 3 nitrogen and oxygen atoms in total. The third kappa shape index (κ3) is 5.25. The quantitative estimate of drug-likeness (QED) is 0.607. The zero-order valence-corrected chi connectivity index (χ0v) is 12.4. The van der Waals surface area contributed by atoms with E-state index in [2.05, 4.69) is 31.3 Å². The summed E-state index contributed by atoms with van der Waals surface area (Å²) in [5.74, 6) is 0.331. The molecule has 0 bridgehead atoms. The Morgan fingerprint density at radius 2 is 1.89 bits per heavy atom. The predicted octanol–water partition coefficient (Wildman–Crippen LogP) is 4.11. The SMILES string of the molecule is CCCC/C(C)=N/NC(=O)c1ccc(C(C)C)cc1. The van der Waals surface area contributed by atoms with Gasteiger partial charge in [-0.05, 0) is 43.4 Å². The van der Waals surface area contributed by atoms with Crippen molar-refractivity contribution in [2.24, 2.45) is 5.10 Å². The molecule has 0 aliphatic rings. The summed E-state index contributed by atoms with van der Waals surface area (Å²) < 4.78 is 0. The lowest BCUT2D eigenvalue weighted by Crippen LogP contribution is -2.19. The molecule has 1 amide bonds. The Morgan fingerprint density at radius 3 is 2.42 bits per heavy atom. The number of carbonyl (C=O) groups is 1. The van der Waals surface area contributed by atoms with E-state index in [1.807, 2.05) is 31.2 Å². The standard InChI is InChI=1S/C16H24N2O/c1-5-6-7-13(4)17-18-16(19)15-10-8-14(9-11-15)12(2)3/h8-12H,5-7H2,1-4H3,(H,18,19)/b17-13+. The second-order valence-electron chi connectivity index (χ2n) is 5.17. The van der Waals surface area contributed by atoms with Crippen LogP contribution in [0.3, 0.4) is 0 Å². The second kappa shape index (κ2) is 7.72. The highest BCUT2D eigenvalue weighted by Crippen LogP contribution is 2.14. The van der Waals surface area contributed by atoms with E-state index in [9.17, 15) is 4.79 Å². The molecule has 1 N–H and O–H groups in total. The van der Waals surface area contributed by atoms with Crippen LogP contribution in [0.2, 0.25) is 0 Å². The molecule has 0 heterocycles. The van der Waals surface area contributed by atoms with Gasteiger partial charge in [0.1, 0.15) is 0 Å². The van der Waals surface area contributed by atoms with E-state index >= 15 is 0 Å². The van der Waals surface area contributed by atoms with E-state index in [0.717, 1.165) is 25.0 Å². The van der Waals surface area contributed by atoms with Crippen molar-refractivity contribution < 1.29 is 4.79 Å². The van der Waals surface area contributed by atoms with Crippen molar-refractivity contribution in [3.63, 3.8) is 0 Å². The van der Waals surface area contributed by atoms with Gasteiger partial charge in [0.25, 0.3) is 5.91 Å². The summed E-state index contributed by atoms with van der Waals surface area (Å²) >= 11 is 0. The van der Waals surface area contributed by atoms with Gasteiger partial charge >= 0.3 is 0 Å². The molecule has 0 radical (unpaired) electrons. The zero-order valence-electron chi connectivity index (χ0n) is 12.4. The maximum atomic E-state index is 11.9. The fourth-order valence-corrected chi connectivity index (χ4v) is 1.72. The Balaban J connectivity index is 2.58. The monoisotopic (exact) mass is 260 g/mol. The van der Waals surface area contributed by atoms with E-state index in [0.29, 0.717) is 11.5 Å². The summed E-state index contributed by atoms with van der Waals surface area (Å²) in [4.78, 5) is 11.9. The minimum Gasteiger partial charge on any atom is -0.267 e. The second-order valence-corrected chi connectivity index (χ2v) is 5.17. The van der Waals surface area contributed by atoms with Gasteiger partial charge in [-0.3, -0.25) is 4.79 Å². The minimum absolute atomic E-state index is 0.147. The number of rotatable bonds is 6. The third-order valence-electron chi connectivity index (χ3n) is 3.08. The van der Waals surface area contributed by atoms with Gasteiger partial charge < -0.3 is 0 Å². The lowest BCUT2D eigenvalue weighted by atomic mass is 10.0. The molecule has 0 unspecified atom stereocenters. The normalized spacial score (nSPS) is 11.7. The van der Waals surface area contributed by atoms with Crippen LogP contribution in [0.25, 0.3) is 0 Å². The Hall–Kier alpha value is -1.64. The molecule has 1 rings (SSSR count). The predicted molar refractivity (Wildman–Crippen MR) is 80.6 cm³/mol. The van der Waals surface area contributed by atoms with Gasteiger partial charge in [-0.15, -0.1) is 0 Å². The van der Waals surface area contributed by atoms with Crippen LogP contribution in [0.15, 0.2) is 29.4 Å². The number of nitrogens with zero attached hydrogens (tertiary/aromatic N) is 1. The first kappa shape index (κ1) is 15.4. The van der Waals surface area contributed by atoms with Gasteiger partial charge in [0.2, 0.25) is 0 Å². The molecule has 0 atom stereocenters. The van der Waals surface area contributed by atoms with Crippen molar-refractivity contribution in [1.29, 1.82) is 0 Å². The highest BCUT2D eigenvalue weighted by molar-refractivity contribution is 5.95. The number of amides is 1. The highest BCUT2D eigenvalue weighted by Gasteiger charge is 2.05. The third-order valence-corrected chi connectivity index (χ3v) is 3.08. The summed E-state index contributed by atoms with van der Waals surface area (Å²) in [6.07, 6.45) is 3.18. The molecular weight excluding hydrogens is 236 g/mol. The Bertz CT molecular complexity index is 433. The summed E-state index contributed by atoms with van der Waals surface area (Å²) in [5.41, 5.74) is 5.46. The van der Waals surface area contributed by atoms with Crippen LogP contribution in [-0.2, 0) is 0 Å². The van der Waals surface area contributed by atoms with Gasteiger partial charge in [0.15, 0.2) is 0 Å². The van der Waals surface area contributed by atoms with E-state index < -0.39 is 0 Å². The minimum atomic E-state index is -0.147. The van der Waals surface area contributed by atoms with Crippen LogP contribution in [0.1, 0.15) is 68.8 Å². The fourth-order valence-electron chi connectivity index (χ4n) is 1.72. The molecule has 0 saturated carbocycles. The number of hydrogen-bond acceptors (Lipinski definition) is 2. The zero-order chi connectivity index (χ0) is 14.3. The maximum Gasteiger partial charge on any atom is 0.271 e. The molecule has 3 heteroatoms. The maximum absolute atomic E-state index is 11.9. The number of benzene rings is 1. The molecule has 1 aromatic rings. The van der Waals surface area contributed by atoms with Crippen molar-refractivity contribution in [3.05, 3.63) is 35.4 Å². The van der Waals surface area contributed by atoms with Crippen LogP contribution in [0.4, 0.5) is 0 Å². The van der Waals surface area contributed by atoms with Gasteiger partial charge in [-0.2, -0.15) is 5.10 Å². The Morgan fingerprint density at radius 1 is 1.26 bits per heavy atom. The summed E-state index contributed by atoms with van der Waals surface area (Å²) in [7, 11) is 0. The number of unbranched alkanes of at least 4 members (excludes halogenated alkanes) is 1. The highest BCUT2D eigenvalue weighted by atomic mass is 16.2. The van der Waals surface area contributed by atoms with E-state index in [1.54, 1.807) is 0 Å². The van der Waals surface area contributed by atoms with Crippen molar-refractivity contribution in [2.45, 2.75) is 52.9 Å². The smallest absolute Gasteiger partial charge is 0.267 e. The van der Waals surface area contributed by atoms with E-state index in [4.69, 9.17) is 0 Å². The average molecular weight is 260 g/mol. The largest absolute Gasteiger partial charge is 0.271 e. The number of hydrazone groups is 1. The van der Waals surface area contributed by atoms with Crippen molar-refractivity contribution in [3.8, 4) is 0 Å². The van der Waals surface area contributed by atoms with Crippen LogP contribution in [0.5, 0.6) is 0 Å². The van der Waals surface area contributed by atoms with Crippen molar-refractivity contribution in [2.75, 3.05) is 0 Å². The molecule has 0 saturated heterocycles. The summed E-state index contributed by atoms with van der Waals surface area (Å²) in [6, 6.07) is 7.68. The number of hydrogen-bond donors (Lipinski definition) is 1. The van der Waals surface area contributed by atoms with E-state index in [1.165, 1.54) is 5.56 Å². The van der Waals surface area contributed by atoms with Crippen LogP contribution in [0, 0.1) is 0 Å². The molecule has 0 fully saturated rings. The molecule has 1 aromatic carbocycles. The molecule has 19 heavy (non-hydrogen) atoms. The summed E-state index contributed by atoms with van der Waals surface area (Å²) in [6.45, 7) is 8.35. The van der Waals surface area contributed by atoms with Crippen molar-refractivity contribution >= 4 is 11.6 Å². The fraction of sp³-hybridized carbons (Fsp3) is 0.500. The van der Waals surface area contributed by atoms with Crippen LogP contribution in [-0.4, -0.2) is 11.6 Å². The van der Waals surface area contributed by atoms with Crippen molar-refractivity contribution in [1.82, 2.24) is 5.43 Å².